The summed E-state index contributed by atoms with van der Waals surface area (Å²) >= 11 is 0. The normalized spacial score (nSPS) is 12.5. The van der Waals surface area contributed by atoms with Gasteiger partial charge in [-0.3, -0.25) is 4.79 Å². The van der Waals surface area contributed by atoms with Gasteiger partial charge in [0.15, 0.2) is 0 Å². The van der Waals surface area contributed by atoms with Crippen LogP contribution in [0.4, 0.5) is 0 Å². The van der Waals surface area contributed by atoms with Crippen LogP contribution in [0.15, 0.2) is 0 Å². The number of nitrogens with one attached hydrogen (secondary N) is 1. The molecule has 5 nitrogen and oxygen atoms in total. The number of hydrogen-bond acceptors (Lipinski definition) is 4. The Kier molecular flexibility index (Phi) is 18.7. The van der Waals surface area contributed by atoms with E-state index in [1.165, 1.54) is 44.9 Å². The van der Waals surface area contributed by atoms with Gasteiger partial charge in [0, 0.05) is 12.5 Å². The van der Waals surface area contributed by atoms with E-state index in [4.69, 9.17) is 0 Å². The van der Waals surface area contributed by atoms with E-state index in [-0.39, 0.29) is 35.5 Å². The summed E-state index contributed by atoms with van der Waals surface area (Å²) in [7, 11) is -4.30. The van der Waals surface area contributed by atoms with E-state index in [0.29, 0.717) is 12.8 Å². The van der Waals surface area contributed by atoms with Crippen LogP contribution in [-0.4, -0.2) is 30.7 Å². The Balaban J connectivity index is 0. The summed E-state index contributed by atoms with van der Waals surface area (Å²) in [4.78, 5) is 11.4. The van der Waals surface area contributed by atoms with Gasteiger partial charge in [-0.25, -0.2) is 8.42 Å². The molecule has 0 fully saturated rings. The van der Waals surface area contributed by atoms with Gasteiger partial charge in [-0.15, -0.1) is 0 Å². The molecule has 1 unspecified atom stereocenters. The summed E-state index contributed by atoms with van der Waals surface area (Å²) in [5, 5.41) is 2.64. The predicted molar refractivity (Wildman–Crippen MR) is 93.2 cm³/mol. The van der Waals surface area contributed by atoms with Crippen molar-refractivity contribution >= 4 is 16.0 Å². The Hall–Kier alpha value is 0.380. The third-order valence-corrected chi connectivity index (χ3v) is 4.81. The molecule has 0 aliphatic heterocycles. The van der Waals surface area contributed by atoms with E-state index in [1.807, 2.05) is 0 Å². The summed E-state index contributed by atoms with van der Waals surface area (Å²) in [6.45, 7) is 3.92. The van der Waals surface area contributed by atoms with Crippen LogP contribution in [0.1, 0.15) is 90.9 Å². The quantitative estimate of drug-likeness (QED) is 0.261. The molecule has 1 atom stereocenters. The third-order valence-electron chi connectivity index (χ3n) is 4.00. The molecule has 0 aliphatic rings. The van der Waals surface area contributed by atoms with Crippen LogP contribution in [0, 0.1) is 0 Å². The van der Waals surface area contributed by atoms with Crippen molar-refractivity contribution in [1.29, 1.82) is 0 Å². The van der Waals surface area contributed by atoms with Crippen molar-refractivity contribution in [3.05, 3.63) is 0 Å². The van der Waals surface area contributed by atoms with Crippen molar-refractivity contribution < 1.29 is 47.3 Å². The SMILES string of the molecule is CCCCCCCCCCCCC(CS(=O)(=O)[O-])NC(=O)CC.[Na+]. The average Bonchev–Trinajstić information content (AvgIpc) is 2.47. The first-order valence-electron chi connectivity index (χ1n) is 9.12. The first kappa shape index (κ1) is 26.6. The van der Waals surface area contributed by atoms with E-state index in [0.717, 1.165) is 19.3 Å². The van der Waals surface area contributed by atoms with Gasteiger partial charge in [0.05, 0.1) is 15.9 Å². The maximum atomic E-state index is 11.4. The zero-order chi connectivity index (χ0) is 17.6. The second-order valence-electron chi connectivity index (χ2n) is 6.31. The molecule has 0 aromatic rings. The molecule has 0 radical (unpaired) electrons. The largest absolute Gasteiger partial charge is 1.00 e. The van der Waals surface area contributed by atoms with Crippen LogP contribution < -0.4 is 34.9 Å². The number of carbonyl (C=O) groups is 1. The number of hydrogen-bond donors (Lipinski definition) is 1. The second kappa shape index (κ2) is 16.8. The van der Waals surface area contributed by atoms with Crippen LogP contribution in [-0.2, 0) is 14.9 Å². The Bertz CT molecular complexity index is 401. The minimum absolute atomic E-state index is 0. The van der Waals surface area contributed by atoms with Gasteiger partial charge in [-0.1, -0.05) is 78.1 Å². The van der Waals surface area contributed by atoms with Crippen LogP contribution in [0.3, 0.4) is 0 Å². The first-order valence-corrected chi connectivity index (χ1v) is 10.7. The minimum atomic E-state index is -4.30. The Labute approximate surface area is 170 Å². The summed E-state index contributed by atoms with van der Waals surface area (Å²) in [6.07, 6.45) is 12.9. The molecular weight excluding hydrogens is 337 g/mol. The van der Waals surface area contributed by atoms with Crippen molar-refractivity contribution in [2.24, 2.45) is 0 Å². The molecule has 0 aromatic carbocycles. The predicted octanol–water partition coefficient (Wildman–Crippen LogP) is 0.741. The van der Waals surface area contributed by atoms with E-state index in [9.17, 15) is 17.8 Å². The Morgan fingerprint density at radius 3 is 1.79 bits per heavy atom. The van der Waals surface area contributed by atoms with Gasteiger partial charge in [0.25, 0.3) is 0 Å². The number of carbonyl (C=O) groups excluding carboxylic acids is 1. The zero-order valence-corrected chi connectivity index (χ0v) is 18.6. The van der Waals surface area contributed by atoms with Crippen molar-refractivity contribution in [2.45, 2.75) is 96.9 Å². The molecule has 0 saturated heterocycles. The van der Waals surface area contributed by atoms with E-state index in [1.54, 1.807) is 6.92 Å². The maximum absolute atomic E-state index is 11.4. The molecule has 24 heavy (non-hydrogen) atoms. The average molecular weight is 372 g/mol. The van der Waals surface area contributed by atoms with Crippen LogP contribution in [0.5, 0.6) is 0 Å². The molecule has 7 heteroatoms. The smallest absolute Gasteiger partial charge is 0.748 e. The summed E-state index contributed by atoms with van der Waals surface area (Å²) in [6, 6.07) is -0.543. The zero-order valence-electron chi connectivity index (χ0n) is 15.8. The summed E-state index contributed by atoms with van der Waals surface area (Å²) < 4.78 is 32.7. The summed E-state index contributed by atoms with van der Waals surface area (Å²) in [5.74, 6) is -0.707. The Morgan fingerprint density at radius 1 is 0.917 bits per heavy atom. The van der Waals surface area contributed by atoms with Crippen molar-refractivity contribution in [3.63, 3.8) is 0 Å². The standard InChI is InChI=1S/C17H35NO4S.Na/c1-3-5-6-7-8-9-10-11-12-13-14-16(15-23(20,21)22)18-17(19)4-2;/h16H,3-15H2,1-2H3,(H,18,19)(H,20,21,22);/q;+1/p-1. The molecule has 1 amide bonds. The van der Waals surface area contributed by atoms with Crippen molar-refractivity contribution in [1.82, 2.24) is 5.32 Å². The number of unbranched alkanes of at least 4 members (excludes halogenated alkanes) is 9. The fourth-order valence-electron chi connectivity index (χ4n) is 2.65. The third kappa shape index (κ3) is 18.7. The molecule has 0 bridgehead atoms. The molecule has 0 heterocycles. The van der Waals surface area contributed by atoms with E-state index in [2.05, 4.69) is 12.2 Å². The molecule has 138 valence electrons. The monoisotopic (exact) mass is 371 g/mol. The minimum Gasteiger partial charge on any atom is -0.748 e. The molecule has 0 rings (SSSR count). The van der Waals surface area contributed by atoms with Crippen LogP contribution in [0.25, 0.3) is 0 Å². The number of rotatable bonds is 15. The molecule has 0 spiro atoms. The van der Waals surface area contributed by atoms with Gasteiger partial charge in [-0.2, -0.15) is 0 Å². The van der Waals surface area contributed by atoms with Crippen LogP contribution in [0.2, 0.25) is 0 Å². The van der Waals surface area contributed by atoms with Gasteiger partial charge in [-0.05, 0) is 6.42 Å². The molecule has 0 aromatic heterocycles. The summed E-state index contributed by atoms with van der Waals surface area (Å²) in [5.41, 5.74) is 0. The molecular formula is C17H34NNaO4S. The van der Waals surface area contributed by atoms with Gasteiger partial charge >= 0.3 is 29.6 Å². The van der Waals surface area contributed by atoms with Gasteiger partial charge < -0.3 is 9.87 Å². The fraction of sp³-hybridized carbons (Fsp3) is 0.941. The fourth-order valence-corrected chi connectivity index (χ4v) is 3.39. The second-order valence-corrected chi connectivity index (χ2v) is 7.76. The van der Waals surface area contributed by atoms with Gasteiger partial charge in [0.1, 0.15) is 0 Å². The molecule has 0 saturated carbocycles. The maximum Gasteiger partial charge on any atom is 1.00 e. The number of amides is 1. The van der Waals surface area contributed by atoms with Crippen LogP contribution >= 0.6 is 0 Å². The topological polar surface area (TPSA) is 86.3 Å². The van der Waals surface area contributed by atoms with E-state index < -0.39 is 21.9 Å². The van der Waals surface area contributed by atoms with Crippen molar-refractivity contribution in [3.8, 4) is 0 Å². The van der Waals surface area contributed by atoms with Gasteiger partial charge in [0.2, 0.25) is 5.91 Å². The molecule has 0 aliphatic carbocycles. The van der Waals surface area contributed by atoms with E-state index >= 15 is 0 Å². The first-order chi connectivity index (χ1) is 10.9. The molecule has 1 N–H and O–H groups in total. The van der Waals surface area contributed by atoms with Crippen molar-refractivity contribution in [2.75, 3.05) is 5.75 Å². The Morgan fingerprint density at radius 2 is 1.38 bits per heavy atom.